The fourth-order valence-corrected chi connectivity index (χ4v) is 8.70. The lowest BCUT2D eigenvalue weighted by atomic mass is 9.99. The first-order valence-corrected chi connectivity index (χ1v) is 12.2. The van der Waals surface area contributed by atoms with Gasteiger partial charge in [-0.2, -0.15) is 0 Å². The standard InChI is InChI=1S/C26H34O2Si/c1-7-21(2)25(22(3)15-14-20-27)28-29(26(4,5)6,23-16-10-8-11-17-23)24-18-12-9-13-19-24/h7-13,16-19,22,25,27H,20H2,1-6H3/b21-7+/t22-,25-/m0/s1. The third-order valence-electron chi connectivity index (χ3n) is 5.49. The molecule has 2 atom stereocenters. The minimum absolute atomic E-state index is 0.0278. The molecule has 2 aromatic rings. The molecule has 29 heavy (non-hydrogen) atoms. The molecule has 1 N–H and O–H groups in total. The maximum Gasteiger partial charge on any atom is 0.261 e. The highest BCUT2D eigenvalue weighted by Gasteiger charge is 2.52. The molecular formula is C26H34O2Si. The monoisotopic (exact) mass is 406 g/mol. The van der Waals surface area contributed by atoms with E-state index in [-0.39, 0.29) is 23.7 Å². The molecule has 0 aliphatic carbocycles. The molecule has 0 spiro atoms. The zero-order chi connectivity index (χ0) is 21.5. The largest absolute Gasteiger partial charge is 0.400 e. The van der Waals surface area contributed by atoms with Gasteiger partial charge < -0.3 is 9.53 Å². The van der Waals surface area contributed by atoms with Crippen molar-refractivity contribution >= 4 is 18.7 Å². The normalized spacial score (nSPS) is 14.7. The van der Waals surface area contributed by atoms with Gasteiger partial charge in [0, 0.05) is 5.92 Å². The molecule has 0 amide bonds. The zero-order valence-electron chi connectivity index (χ0n) is 18.6. The van der Waals surface area contributed by atoms with Crippen molar-refractivity contribution in [2.75, 3.05) is 6.61 Å². The van der Waals surface area contributed by atoms with Gasteiger partial charge in [0.05, 0.1) is 6.10 Å². The third kappa shape index (κ3) is 5.08. The second-order valence-corrected chi connectivity index (χ2v) is 12.8. The molecular weight excluding hydrogens is 372 g/mol. The Balaban J connectivity index is 2.75. The summed E-state index contributed by atoms with van der Waals surface area (Å²) in [5, 5.41) is 11.6. The maximum atomic E-state index is 9.19. The second kappa shape index (κ2) is 10.1. The maximum absolute atomic E-state index is 9.19. The molecule has 3 heteroatoms. The number of rotatable bonds is 6. The predicted octanol–water partition coefficient (Wildman–Crippen LogP) is 4.53. The molecule has 2 aromatic carbocycles. The van der Waals surface area contributed by atoms with E-state index in [1.54, 1.807) is 0 Å². The van der Waals surface area contributed by atoms with Crippen molar-refractivity contribution < 1.29 is 9.53 Å². The van der Waals surface area contributed by atoms with E-state index in [0.29, 0.717) is 0 Å². The lowest BCUT2D eigenvalue weighted by molar-refractivity contribution is 0.189. The molecule has 2 nitrogen and oxygen atoms in total. The van der Waals surface area contributed by atoms with E-state index >= 15 is 0 Å². The van der Waals surface area contributed by atoms with Crippen LogP contribution in [0, 0.1) is 17.8 Å². The summed E-state index contributed by atoms with van der Waals surface area (Å²) in [5.41, 5.74) is 1.16. The van der Waals surface area contributed by atoms with Crippen molar-refractivity contribution in [3.8, 4) is 11.8 Å². The molecule has 0 unspecified atom stereocenters. The van der Waals surface area contributed by atoms with E-state index in [1.165, 1.54) is 10.4 Å². The van der Waals surface area contributed by atoms with Gasteiger partial charge in [-0.1, -0.05) is 99.4 Å². The van der Waals surface area contributed by atoms with Crippen LogP contribution in [0.15, 0.2) is 72.3 Å². The molecule has 0 aliphatic rings. The Bertz CT molecular complexity index is 815. The van der Waals surface area contributed by atoms with E-state index in [0.717, 1.165) is 5.57 Å². The Morgan fingerprint density at radius 3 is 1.90 bits per heavy atom. The van der Waals surface area contributed by atoms with Gasteiger partial charge in [-0.05, 0) is 41.8 Å². The lowest BCUT2D eigenvalue weighted by Gasteiger charge is -2.46. The molecule has 0 aliphatic heterocycles. The predicted molar refractivity (Wildman–Crippen MR) is 126 cm³/mol. The molecule has 0 fully saturated rings. The van der Waals surface area contributed by atoms with E-state index in [2.05, 4.69) is 113 Å². The smallest absolute Gasteiger partial charge is 0.261 e. The molecule has 2 rings (SSSR count). The van der Waals surface area contributed by atoms with Crippen LogP contribution in [0.25, 0.3) is 0 Å². The summed E-state index contributed by atoms with van der Waals surface area (Å²) in [4.78, 5) is 0. The molecule has 0 saturated carbocycles. The van der Waals surface area contributed by atoms with Crippen LogP contribution in [-0.4, -0.2) is 26.1 Å². The van der Waals surface area contributed by atoms with E-state index < -0.39 is 8.32 Å². The van der Waals surface area contributed by atoms with Gasteiger partial charge in [0.25, 0.3) is 8.32 Å². The highest BCUT2D eigenvalue weighted by molar-refractivity contribution is 6.99. The number of hydrogen-bond acceptors (Lipinski definition) is 2. The van der Waals surface area contributed by atoms with Crippen molar-refractivity contribution in [1.29, 1.82) is 0 Å². The molecule has 154 valence electrons. The van der Waals surface area contributed by atoms with Crippen LogP contribution in [0.5, 0.6) is 0 Å². The fraction of sp³-hybridized carbons (Fsp3) is 0.385. The van der Waals surface area contributed by atoms with Crippen LogP contribution in [0.1, 0.15) is 41.5 Å². The van der Waals surface area contributed by atoms with E-state index in [1.807, 2.05) is 6.92 Å². The highest BCUT2D eigenvalue weighted by atomic mass is 28.4. The van der Waals surface area contributed by atoms with Gasteiger partial charge in [0.1, 0.15) is 6.61 Å². The summed E-state index contributed by atoms with van der Waals surface area (Å²) >= 11 is 0. The van der Waals surface area contributed by atoms with Crippen molar-refractivity contribution in [1.82, 2.24) is 0 Å². The number of hydrogen-bond donors (Lipinski definition) is 1. The first-order chi connectivity index (χ1) is 13.8. The van der Waals surface area contributed by atoms with Gasteiger partial charge in [0.2, 0.25) is 0 Å². The Kier molecular flexibility index (Phi) is 8.04. The number of benzene rings is 2. The Hall–Kier alpha value is -2.12. The van der Waals surface area contributed by atoms with E-state index in [4.69, 9.17) is 4.43 Å². The SMILES string of the molecule is C/C=C(\C)[C@H](O[Si](c1ccccc1)(c1ccccc1)C(C)(C)C)[C@@H](C)C#CCO. The van der Waals surface area contributed by atoms with Crippen LogP contribution >= 0.6 is 0 Å². The van der Waals surface area contributed by atoms with Gasteiger partial charge in [0.15, 0.2) is 0 Å². The van der Waals surface area contributed by atoms with Crippen molar-refractivity contribution in [3.05, 3.63) is 72.3 Å². The minimum Gasteiger partial charge on any atom is -0.400 e. The summed E-state index contributed by atoms with van der Waals surface area (Å²) in [6.07, 6.45) is 1.96. The van der Waals surface area contributed by atoms with Gasteiger partial charge in [-0.15, -0.1) is 0 Å². The number of aliphatic hydroxyl groups excluding tert-OH is 1. The fourth-order valence-electron chi connectivity index (χ4n) is 3.92. The Morgan fingerprint density at radius 2 is 1.52 bits per heavy atom. The van der Waals surface area contributed by atoms with Crippen molar-refractivity contribution in [2.24, 2.45) is 5.92 Å². The van der Waals surface area contributed by atoms with Crippen molar-refractivity contribution in [3.63, 3.8) is 0 Å². The first-order valence-electron chi connectivity index (χ1n) is 10.3. The Labute approximate surface area is 177 Å². The average Bonchev–Trinajstić information content (AvgIpc) is 2.72. The second-order valence-electron chi connectivity index (χ2n) is 8.50. The molecule has 0 heterocycles. The Morgan fingerprint density at radius 1 is 1.03 bits per heavy atom. The van der Waals surface area contributed by atoms with Crippen molar-refractivity contribution in [2.45, 2.75) is 52.7 Å². The lowest BCUT2D eigenvalue weighted by Crippen LogP contribution is -2.68. The van der Waals surface area contributed by atoms with Gasteiger partial charge in [-0.3, -0.25) is 0 Å². The summed E-state index contributed by atoms with van der Waals surface area (Å²) in [6.45, 7) is 13.0. The number of aliphatic hydroxyl groups is 1. The minimum atomic E-state index is -2.66. The number of allylic oxidation sites excluding steroid dienone is 1. The summed E-state index contributed by atoms with van der Waals surface area (Å²) in [6, 6.07) is 21.3. The van der Waals surface area contributed by atoms with Gasteiger partial charge in [-0.25, -0.2) is 0 Å². The molecule has 0 aromatic heterocycles. The van der Waals surface area contributed by atoms with Crippen LogP contribution in [0.3, 0.4) is 0 Å². The van der Waals surface area contributed by atoms with Gasteiger partial charge >= 0.3 is 0 Å². The van der Waals surface area contributed by atoms with Crippen LogP contribution < -0.4 is 10.4 Å². The summed E-state index contributed by atoms with van der Waals surface area (Å²) in [7, 11) is -2.66. The third-order valence-corrected chi connectivity index (χ3v) is 10.5. The molecule has 0 bridgehead atoms. The quantitative estimate of drug-likeness (QED) is 0.434. The first kappa shape index (κ1) is 23.2. The molecule has 0 saturated heterocycles. The summed E-state index contributed by atoms with van der Waals surface area (Å²) < 4.78 is 7.27. The van der Waals surface area contributed by atoms with Crippen LogP contribution in [-0.2, 0) is 4.43 Å². The highest BCUT2D eigenvalue weighted by Crippen LogP contribution is 2.39. The zero-order valence-corrected chi connectivity index (χ0v) is 19.6. The molecule has 0 radical (unpaired) electrons. The summed E-state index contributed by atoms with van der Waals surface area (Å²) in [5.74, 6) is 5.98. The average molecular weight is 407 g/mol. The van der Waals surface area contributed by atoms with Crippen LogP contribution in [0.2, 0.25) is 5.04 Å². The van der Waals surface area contributed by atoms with Crippen LogP contribution in [0.4, 0.5) is 0 Å². The topological polar surface area (TPSA) is 29.5 Å². The van der Waals surface area contributed by atoms with E-state index in [9.17, 15) is 5.11 Å².